The zero-order valence-corrected chi connectivity index (χ0v) is 22.8. The number of halogens is 5. The third-order valence-electron chi connectivity index (χ3n) is 5.40. The van der Waals surface area contributed by atoms with Gasteiger partial charge in [-0.1, -0.05) is 41.4 Å². The minimum atomic E-state index is -4.56. The molecule has 3 rings (SSSR count). The molecule has 2 aromatic carbocycles. The van der Waals surface area contributed by atoms with Crippen LogP contribution in [-0.2, 0) is 34.1 Å². The molecule has 1 heterocycles. The van der Waals surface area contributed by atoms with Crippen molar-refractivity contribution in [2.75, 3.05) is 16.6 Å². The zero-order valence-electron chi connectivity index (χ0n) is 20.4. The third-order valence-corrected chi connectivity index (χ3v) is 7.99. The minimum absolute atomic E-state index is 0.0668. The van der Waals surface area contributed by atoms with Crippen LogP contribution in [0, 0.1) is 0 Å². The lowest BCUT2D eigenvalue weighted by Gasteiger charge is -2.25. The maximum absolute atomic E-state index is 13.2. The Kier molecular flexibility index (Phi) is 9.81. The fourth-order valence-electron chi connectivity index (χ4n) is 3.40. The number of carbonyl (C=O) groups is 2. The number of nitrogens with one attached hydrogen (secondary N) is 2. The molecule has 3 aromatic rings. The lowest BCUT2D eigenvalue weighted by molar-refractivity contribution is -0.141. The first-order chi connectivity index (χ1) is 18.3. The molecule has 0 saturated heterocycles. The fourth-order valence-corrected chi connectivity index (χ4v) is 5.14. The van der Waals surface area contributed by atoms with E-state index in [1.54, 1.807) is 18.2 Å². The van der Waals surface area contributed by atoms with E-state index in [9.17, 15) is 31.2 Å². The molecule has 14 heteroatoms. The zero-order chi connectivity index (χ0) is 28.8. The number of benzene rings is 2. The van der Waals surface area contributed by atoms with Gasteiger partial charge in [-0.05, 0) is 47.5 Å². The molecule has 0 atom stereocenters. The molecule has 0 aliphatic heterocycles. The Hall–Kier alpha value is -3.35. The molecule has 39 heavy (non-hydrogen) atoms. The van der Waals surface area contributed by atoms with Crippen LogP contribution in [0.1, 0.15) is 34.1 Å². The monoisotopic (exact) mass is 602 g/mol. The number of carbonyl (C=O) groups excluding carboxylic acids is 2. The topological polar surface area (TPSA) is 108 Å². The van der Waals surface area contributed by atoms with Crippen molar-refractivity contribution in [1.82, 2.24) is 15.6 Å². The van der Waals surface area contributed by atoms with Crippen LogP contribution in [0.3, 0.4) is 0 Å². The van der Waals surface area contributed by atoms with Gasteiger partial charge in [-0.3, -0.25) is 18.9 Å². The Bertz CT molecular complexity index is 1440. The number of aromatic nitrogens is 1. The van der Waals surface area contributed by atoms with Gasteiger partial charge in [-0.25, -0.2) is 8.42 Å². The number of hydrogen-bond donors (Lipinski definition) is 2. The van der Waals surface area contributed by atoms with Gasteiger partial charge in [0.05, 0.1) is 28.0 Å². The second kappa shape index (κ2) is 12.7. The fraction of sp³-hybridized carbons (Fsp3) is 0.240. The Morgan fingerprint density at radius 3 is 2.28 bits per heavy atom. The van der Waals surface area contributed by atoms with Crippen molar-refractivity contribution in [2.24, 2.45) is 0 Å². The third kappa shape index (κ3) is 8.32. The average molecular weight is 603 g/mol. The number of sulfonamides is 1. The average Bonchev–Trinajstić information content (AvgIpc) is 2.87. The smallest absolute Gasteiger partial charge is 0.355 e. The molecular formula is C25H23Cl2F3N4O4S. The van der Waals surface area contributed by atoms with Crippen LogP contribution in [0.25, 0.3) is 0 Å². The number of pyridine rings is 1. The highest BCUT2D eigenvalue weighted by atomic mass is 35.5. The van der Waals surface area contributed by atoms with Gasteiger partial charge in [-0.15, -0.1) is 0 Å². The number of amides is 2. The summed E-state index contributed by atoms with van der Waals surface area (Å²) < 4.78 is 65.5. The van der Waals surface area contributed by atoms with Gasteiger partial charge >= 0.3 is 6.18 Å². The first-order valence-corrected chi connectivity index (χ1v) is 13.7. The van der Waals surface area contributed by atoms with E-state index in [1.165, 1.54) is 37.3 Å². The van der Waals surface area contributed by atoms with Crippen LogP contribution in [0.5, 0.6) is 0 Å². The second-order valence-electron chi connectivity index (χ2n) is 8.30. The van der Waals surface area contributed by atoms with E-state index in [-0.39, 0.29) is 46.8 Å². The lowest BCUT2D eigenvalue weighted by atomic mass is 10.1. The first kappa shape index (κ1) is 30.2. The van der Waals surface area contributed by atoms with Crippen molar-refractivity contribution < 1.29 is 31.2 Å². The predicted octanol–water partition coefficient (Wildman–Crippen LogP) is 4.81. The normalized spacial score (nSPS) is 11.6. The number of hydrogen-bond acceptors (Lipinski definition) is 5. The van der Waals surface area contributed by atoms with Crippen molar-refractivity contribution >= 4 is 50.7 Å². The van der Waals surface area contributed by atoms with Crippen LogP contribution >= 0.6 is 23.2 Å². The van der Waals surface area contributed by atoms with E-state index in [1.807, 2.05) is 0 Å². The molecule has 0 saturated carbocycles. The van der Waals surface area contributed by atoms with Crippen LogP contribution < -0.4 is 14.9 Å². The molecule has 0 radical (unpaired) electrons. The summed E-state index contributed by atoms with van der Waals surface area (Å²) in [5.41, 5.74) is 0.193. The maximum Gasteiger partial charge on any atom is 0.433 e. The highest BCUT2D eigenvalue weighted by Gasteiger charge is 2.32. The minimum Gasteiger partial charge on any atom is -0.355 e. The van der Waals surface area contributed by atoms with Gasteiger partial charge in [0.25, 0.3) is 5.91 Å². The summed E-state index contributed by atoms with van der Waals surface area (Å²) in [5, 5.41) is 5.47. The van der Waals surface area contributed by atoms with E-state index in [0.29, 0.717) is 11.1 Å². The standard InChI is InChI=1S/C25H23Cl2F3N4O4S/c1-16(35)31-11-12-39(37,38)34(15-19-3-2-4-21(26)23(19)27)20-8-6-18(7-9-20)24(36)33-14-17-5-10-22(32-13-17)25(28,29)30/h2-10,13H,11-12,14-15H2,1H3,(H,31,35)(H,33,36). The van der Waals surface area contributed by atoms with Gasteiger partial charge in [0.15, 0.2) is 0 Å². The van der Waals surface area contributed by atoms with Crippen LogP contribution in [0.15, 0.2) is 60.8 Å². The van der Waals surface area contributed by atoms with E-state index >= 15 is 0 Å². The Morgan fingerprint density at radius 2 is 1.69 bits per heavy atom. The van der Waals surface area contributed by atoms with Crippen molar-refractivity contribution in [2.45, 2.75) is 26.2 Å². The molecule has 2 N–H and O–H groups in total. The number of anilines is 1. The summed E-state index contributed by atoms with van der Waals surface area (Å²) in [6.45, 7) is 0.932. The maximum atomic E-state index is 13.2. The molecule has 208 valence electrons. The molecular weight excluding hydrogens is 580 g/mol. The largest absolute Gasteiger partial charge is 0.433 e. The highest BCUT2D eigenvalue weighted by Crippen LogP contribution is 2.30. The molecule has 0 unspecified atom stereocenters. The van der Waals surface area contributed by atoms with Gasteiger partial charge in [0, 0.05) is 31.8 Å². The molecule has 2 amide bonds. The van der Waals surface area contributed by atoms with Crippen molar-refractivity contribution in [3.8, 4) is 0 Å². The number of rotatable bonds is 10. The second-order valence-corrected chi connectivity index (χ2v) is 11.1. The summed E-state index contributed by atoms with van der Waals surface area (Å²) in [4.78, 5) is 27.1. The quantitative estimate of drug-likeness (QED) is 0.346. The molecule has 0 fully saturated rings. The first-order valence-electron chi connectivity index (χ1n) is 11.4. The molecule has 1 aromatic heterocycles. The number of alkyl halides is 3. The van der Waals surface area contributed by atoms with E-state index < -0.39 is 33.6 Å². The Morgan fingerprint density at radius 1 is 1.00 bits per heavy atom. The van der Waals surface area contributed by atoms with Gasteiger partial charge in [0.1, 0.15) is 5.69 Å². The molecule has 0 aliphatic carbocycles. The van der Waals surface area contributed by atoms with Gasteiger partial charge in [0.2, 0.25) is 15.9 Å². The lowest BCUT2D eigenvalue weighted by Crippen LogP contribution is -2.37. The Labute approximate surface area is 233 Å². The van der Waals surface area contributed by atoms with Crippen molar-refractivity contribution in [3.63, 3.8) is 0 Å². The van der Waals surface area contributed by atoms with Gasteiger partial charge < -0.3 is 10.6 Å². The summed E-state index contributed by atoms with van der Waals surface area (Å²) in [7, 11) is -3.96. The van der Waals surface area contributed by atoms with Crippen LogP contribution in [-0.4, -0.2) is 37.5 Å². The molecule has 0 spiro atoms. The SMILES string of the molecule is CC(=O)NCCS(=O)(=O)N(Cc1cccc(Cl)c1Cl)c1ccc(C(=O)NCc2ccc(C(F)(F)F)nc2)cc1. The van der Waals surface area contributed by atoms with E-state index in [4.69, 9.17) is 23.2 Å². The summed E-state index contributed by atoms with van der Waals surface area (Å²) in [6, 6.07) is 12.5. The molecule has 0 aliphatic rings. The number of nitrogens with zero attached hydrogens (tertiary/aromatic N) is 2. The predicted molar refractivity (Wildman–Crippen MR) is 142 cm³/mol. The highest BCUT2D eigenvalue weighted by molar-refractivity contribution is 7.92. The Balaban J connectivity index is 1.78. The van der Waals surface area contributed by atoms with Crippen LogP contribution in [0.2, 0.25) is 10.0 Å². The van der Waals surface area contributed by atoms with E-state index in [0.717, 1.165) is 16.6 Å². The van der Waals surface area contributed by atoms with Crippen molar-refractivity contribution in [1.29, 1.82) is 0 Å². The molecule has 0 bridgehead atoms. The molecule has 8 nitrogen and oxygen atoms in total. The van der Waals surface area contributed by atoms with E-state index in [2.05, 4.69) is 15.6 Å². The summed E-state index contributed by atoms with van der Waals surface area (Å²) >= 11 is 12.4. The van der Waals surface area contributed by atoms with Crippen molar-refractivity contribution in [3.05, 3.63) is 93.2 Å². The summed E-state index contributed by atoms with van der Waals surface area (Å²) in [5.74, 6) is -1.30. The summed E-state index contributed by atoms with van der Waals surface area (Å²) in [6.07, 6.45) is -3.54. The van der Waals surface area contributed by atoms with Gasteiger partial charge in [-0.2, -0.15) is 13.2 Å². The van der Waals surface area contributed by atoms with Crippen LogP contribution in [0.4, 0.5) is 18.9 Å².